The molecule has 1 saturated heterocycles. The SMILES string of the molecule is [B]C1C[C@@H](OC)C(COP=O)O1. The molecule has 0 spiro atoms. The second-order valence-electron chi connectivity index (χ2n) is 2.59. The second-order valence-corrected chi connectivity index (χ2v) is 3.00. The number of hydrogen-bond acceptors (Lipinski definition) is 4. The molecule has 0 saturated carbocycles. The summed E-state index contributed by atoms with van der Waals surface area (Å²) in [6.45, 7) is 0.247. The Bertz CT molecular complexity index is 156. The van der Waals surface area contributed by atoms with E-state index in [1.807, 2.05) is 0 Å². The minimum Gasteiger partial charge on any atom is -0.380 e. The fourth-order valence-corrected chi connectivity index (χ4v) is 1.45. The molecule has 1 rings (SSSR count). The first-order valence-electron chi connectivity index (χ1n) is 3.66. The van der Waals surface area contributed by atoms with Crippen molar-refractivity contribution in [2.75, 3.05) is 13.7 Å². The maximum atomic E-state index is 9.99. The Morgan fingerprint density at radius 3 is 3.08 bits per heavy atom. The largest absolute Gasteiger partial charge is 0.380 e. The Morgan fingerprint density at radius 2 is 2.50 bits per heavy atom. The summed E-state index contributed by atoms with van der Waals surface area (Å²) in [6.07, 6.45) is 0.397. The molecule has 0 bridgehead atoms. The van der Waals surface area contributed by atoms with Gasteiger partial charge in [0.25, 0.3) is 0 Å². The van der Waals surface area contributed by atoms with Gasteiger partial charge in [-0.25, -0.2) is 4.57 Å². The third kappa shape index (κ3) is 2.52. The van der Waals surface area contributed by atoms with Gasteiger partial charge in [-0.15, -0.1) is 0 Å². The average Bonchev–Trinajstić information content (AvgIpc) is 2.42. The number of methoxy groups -OCH3 is 1. The lowest BCUT2D eigenvalue weighted by Crippen LogP contribution is -2.27. The average molecular weight is 188 g/mol. The normalized spacial score (nSPS) is 35.9. The van der Waals surface area contributed by atoms with Gasteiger partial charge >= 0.3 is 8.69 Å². The van der Waals surface area contributed by atoms with Crippen molar-refractivity contribution in [1.82, 2.24) is 0 Å². The van der Waals surface area contributed by atoms with E-state index < -0.39 is 0 Å². The zero-order chi connectivity index (χ0) is 8.97. The van der Waals surface area contributed by atoms with E-state index in [4.69, 9.17) is 17.3 Å². The van der Waals surface area contributed by atoms with Gasteiger partial charge in [-0.3, -0.25) is 4.52 Å². The van der Waals surface area contributed by atoms with Gasteiger partial charge in [0.05, 0.1) is 12.7 Å². The molecule has 0 aliphatic carbocycles. The molecule has 1 heterocycles. The van der Waals surface area contributed by atoms with Crippen LogP contribution in [0.25, 0.3) is 0 Å². The maximum Gasteiger partial charge on any atom is 0.327 e. The highest BCUT2D eigenvalue weighted by atomic mass is 31.1. The van der Waals surface area contributed by atoms with Gasteiger partial charge in [0.2, 0.25) is 0 Å². The van der Waals surface area contributed by atoms with Gasteiger partial charge in [-0.2, -0.15) is 0 Å². The summed E-state index contributed by atoms with van der Waals surface area (Å²) in [4.78, 5) is 0. The van der Waals surface area contributed by atoms with Crippen molar-refractivity contribution in [3.05, 3.63) is 0 Å². The highest BCUT2D eigenvalue weighted by Crippen LogP contribution is 2.21. The molecule has 0 N–H and O–H groups in total. The molecule has 3 atom stereocenters. The third-order valence-electron chi connectivity index (χ3n) is 1.82. The van der Waals surface area contributed by atoms with Crippen LogP contribution < -0.4 is 0 Å². The summed E-state index contributed by atoms with van der Waals surface area (Å²) in [5, 5.41) is 0. The van der Waals surface area contributed by atoms with Gasteiger partial charge in [0.15, 0.2) is 0 Å². The summed E-state index contributed by atoms with van der Waals surface area (Å²) in [7, 11) is 6.77. The predicted molar refractivity (Wildman–Crippen MR) is 43.4 cm³/mol. The van der Waals surface area contributed by atoms with Crippen LogP contribution in [0.1, 0.15) is 6.42 Å². The number of rotatable bonds is 4. The second kappa shape index (κ2) is 4.92. The summed E-state index contributed by atoms with van der Waals surface area (Å²) in [6, 6.07) is -0.299. The molecule has 2 unspecified atom stereocenters. The zero-order valence-corrected chi connectivity index (χ0v) is 7.70. The molecule has 2 radical (unpaired) electrons. The van der Waals surface area contributed by atoms with Crippen molar-refractivity contribution < 1.29 is 18.6 Å². The van der Waals surface area contributed by atoms with Gasteiger partial charge in [-0.1, -0.05) is 0 Å². The van der Waals surface area contributed by atoms with Crippen LogP contribution in [-0.4, -0.2) is 39.8 Å². The van der Waals surface area contributed by atoms with Crippen LogP contribution in [0.4, 0.5) is 0 Å². The van der Waals surface area contributed by atoms with Gasteiger partial charge in [0, 0.05) is 13.1 Å². The fraction of sp³-hybridized carbons (Fsp3) is 1.00. The lowest BCUT2D eigenvalue weighted by Gasteiger charge is -2.14. The molecular formula is C6H10BO4P. The van der Waals surface area contributed by atoms with Crippen molar-refractivity contribution in [3.8, 4) is 0 Å². The minimum atomic E-state index is -0.341. The third-order valence-corrected chi connectivity index (χ3v) is 2.08. The Balaban J connectivity index is 2.35. The van der Waals surface area contributed by atoms with Crippen LogP contribution in [0, 0.1) is 0 Å². The highest BCUT2D eigenvalue weighted by molar-refractivity contribution is 7.17. The van der Waals surface area contributed by atoms with Gasteiger partial charge < -0.3 is 9.47 Å². The Hall–Kier alpha value is 0.0449. The molecule has 1 fully saturated rings. The first-order valence-corrected chi connectivity index (χ1v) is 4.39. The van der Waals surface area contributed by atoms with Gasteiger partial charge in [-0.05, 0) is 6.42 Å². The standard InChI is InChI=1S/C6H10BO4P/c1-9-4-2-6(7)11-5(4)3-10-12-8/h4-6H,2-3H2,1H3/t4-,5?,6?/m1/s1. The van der Waals surface area contributed by atoms with Crippen LogP contribution in [0.3, 0.4) is 0 Å². The van der Waals surface area contributed by atoms with Crippen LogP contribution in [0.15, 0.2) is 0 Å². The van der Waals surface area contributed by atoms with E-state index in [1.165, 1.54) is 0 Å². The van der Waals surface area contributed by atoms with Crippen molar-refractivity contribution in [2.24, 2.45) is 0 Å². The fourth-order valence-electron chi connectivity index (χ4n) is 1.25. The van der Waals surface area contributed by atoms with Crippen molar-refractivity contribution in [2.45, 2.75) is 24.6 Å². The Labute approximate surface area is 74.3 Å². The molecule has 12 heavy (non-hydrogen) atoms. The van der Waals surface area contributed by atoms with Gasteiger partial charge in [0.1, 0.15) is 14.0 Å². The molecule has 66 valence electrons. The van der Waals surface area contributed by atoms with Crippen LogP contribution in [0.5, 0.6) is 0 Å². The molecular weight excluding hydrogens is 178 g/mol. The lowest BCUT2D eigenvalue weighted by molar-refractivity contribution is -0.0125. The number of hydrogen-bond donors (Lipinski definition) is 0. The van der Waals surface area contributed by atoms with E-state index >= 15 is 0 Å². The summed E-state index contributed by atoms with van der Waals surface area (Å²) < 4.78 is 25.0. The lowest BCUT2D eigenvalue weighted by atomic mass is 9.96. The number of ether oxygens (including phenoxy) is 2. The first-order chi connectivity index (χ1) is 5.77. The monoisotopic (exact) mass is 188 g/mol. The van der Waals surface area contributed by atoms with E-state index in [-0.39, 0.29) is 33.5 Å². The predicted octanol–water partition coefficient (Wildman–Crippen LogP) is 0.508. The molecule has 0 aromatic heterocycles. The van der Waals surface area contributed by atoms with Crippen molar-refractivity contribution in [3.63, 3.8) is 0 Å². The Kier molecular flexibility index (Phi) is 4.16. The van der Waals surface area contributed by atoms with Crippen molar-refractivity contribution in [1.29, 1.82) is 0 Å². The van der Waals surface area contributed by atoms with Crippen LogP contribution in [0.2, 0.25) is 0 Å². The van der Waals surface area contributed by atoms with Crippen LogP contribution >= 0.6 is 8.69 Å². The molecule has 0 amide bonds. The molecule has 0 aromatic carbocycles. The minimum absolute atomic E-state index is 0.0539. The molecule has 6 heteroatoms. The molecule has 4 nitrogen and oxygen atoms in total. The van der Waals surface area contributed by atoms with Crippen LogP contribution in [-0.2, 0) is 18.6 Å². The van der Waals surface area contributed by atoms with Crippen molar-refractivity contribution >= 4 is 16.5 Å². The van der Waals surface area contributed by atoms with E-state index in [0.29, 0.717) is 6.42 Å². The molecule has 1 aliphatic heterocycles. The molecule has 1 aliphatic rings. The summed E-state index contributed by atoms with van der Waals surface area (Å²) in [5.74, 6) is 0. The molecule has 0 aromatic rings. The highest BCUT2D eigenvalue weighted by Gasteiger charge is 2.32. The van der Waals surface area contributed by atoms with E-state index in [2.05, 4.69) is 4.52 Å². The quantitative estimate of drug-likeness (QED) is 0.476. The van der Waals surface area contributed by atoms with E-state index in [1.54, 1.807) is 7.11 Å². The smallest absolute Gasteiger partial charge is 0.327 e. The topological polar surface area (TPSA) is 44.8 Å². The van der Waals surface area contributed by atoms with E-state index in [0.717, 1.165) is 0 Å². The first kappa shape index (κ1) is 10.1. The summed E-state index contributed by atoms with van der Waals surface area (Å²) in [5.41, 5.74) is 0. The maximum absolute atomic E-state index is 9.99. The zero-order valence-electron chi connectivity index (χ0n) is 6.80. The summed E-state index contributed by atoms with van der Waals surface area (Å²) >= 11 is 0. The Morgan fingerprint density at radius 1 is 1.75 bits per heavy atom. The van der Waals surface area contributed by atoms with E-state index in [9.17, 15) is 4.57 Å².